The van der Waals surface area contributed by atoms with Gasteiger partial charge in [-0.3, -0.25) is 9.69 Å². The number of carbonyl (C=O) groups is 1. The first-order valence-electron chi connectivity index (χ1n) is 8.88. The molecule has 2 unspecified atom stereocenters. The lowest BCUT2D eigenvalue weighted by Gasteiger charge is -2.31. The van der Waals surface area contributed by atoms with Crippen molar-refractivity contribution in [3.8, 4) is 0 Å². The second kappa shape index (κ2) is 10.2. The van der Waals surface area contributed by atoms with Crippen LogP contribution in [0.2, 0.25) is 0 Å². The Morgan fingerprint density at radius 2 is 1.95 bits per heavy atom. The van der Waals surface area contributed by atoms with Crippen LogP contribution in [-0.4, -0.2) is 54.5 Å². The molecule has 1 rings (SSSR count). The van der Waals surface area contributed by atoms with E-state index >= 15 is 0 Å². The number of nitrogens with zero attached hydrogens (tertiary/aromatic N) is 2. The van der Waals surface area contributed by atoms with Gasteiger partial charge in [0.05, 0.1) is 0 Å². The summed E-state index contributed by atoms with van der Waals surface area (Å²) in [6, 6.07) is 0.221. The van der Waals surface area contributed by atoms with Gasteiger partial charge in [0.25, 0.3) is 0 Å². The Kier molecular flexibility index (Phi) is 8.93. The molecule has 1 amide bonds. The summed E-state index contributed by atoms with van der Waals surface area (Å²) < 4.78 is 0. The van der Waals surface area contributed by atoms with E-state index in [-0.39, 0.29) is 11.9 Å². The number of rotatable bonds is 8. The van der Waals surface area contributed by atoms with E-state index < -0.39 is 0 Å². The molecular formula is C17H35N3O. The van der Waals surface area contributed by atoms with Crippen molar-refractivity contribution in [2.45, 2.75) is 65.3 Å². The highest BCUT2D eigenvalue weighted by Gasteiger charge is 2.25. The van der Waals surface area contributed by atoms with Gasteiger partial charge in [0.2, 0.25) is 5.91 Å². The molecule has 21 heavy (non-hydrogen) atoms. The Balaban J connectivity index is 2.53. The number of carbonyl (C=O) groups excluding carboxylic acids is 1. The minimum Gasteiger partial charge on any atom is -0.343 e. The molecule has 4 heteroatoms. The molecule has 1 saturated heterocycles. The second-order valence-electron chi connectivity index (χ2n) is 6.28. The standard InChI is InChI=1S/C17H35N3O/c1-4-8-15-9-7-11-20(12-10-15)16(14-18)13-17(21)19(5-2)6-3/h15-16H,4-14,18H2,1-3H3. The zero-order valence-electron chi connectivity index (χ0n) is 14.3. The highest BCUT2D eigenvalue weighted by atomic mass is 16.2. The normalized spacial score (nSPS) is 21.8. The van der Waals surface area contributed by atoms with Gasteiger partial charge >= 0.3 is 0 Å². The molecule has 124 valence electrons. The van der Waals surface area contributed by atoms with Gasteiger partial charge < -0.3 is 10.6 Å². The molecule has 4 nitrogen and oxygen atoms in total. The number of amides is 1. The summed E-state index contributed by atoms with van der Waals surface area (Å²) in [6.45, 7) is 10.8. The van der Waals surface area contributed by atoms with Crippen molar-refractivity contribution in [2.75, 3.05) is 32.7 Å². The van der Waals surface area contributed by atoms with E-state index in [1.165, 1.54) is 32.1 Å². The average molecular weight is 297 g/mol. The first-order valence-corrected chi connectivity index (χ1v) is 8.88. The van der Waals surface area contributed by atoms with Crippen molar-refractivity contribution >= 4 is 5.91 Å². The summed E-state index contributed by atoms with van der Waals surface area (Å²) >= 11 is 0. The van der Waals surface area contributed by atoms with Gasteiger partial charge in [-0.2, -0.15) is 0 Å². The fourth-order valence-corrected chi connectivity index (χ4v) is 3.52. The van der Waals surface area contributed by atoms with E-state index in [1.54, 1.807) is 0 Å². The van der Waals surface area contributed by atoms with Crippen LogP contribution in [0.5, 0.6) is 0 Å². The first-order chi connectivity index (χ1) is 10.2. The molecule has 1 fully saturated rings. The SMILES string of the molecule is CCCC1CCCN(C(CN)CC(=O)N(CC)CC)CC1. The molecule has 0 spiro atoms. The summed E-state index contributed by atoms with van der Waals surface area (Å²) in [5, 5.41) is 0. The number of likely N-dealkylation sites (tertiary alicyclic amines) is 1. The molecule has 0 aromatic heterocycles. The largest absolute Gasteiger partial charge is 0.343 e. The third-order valence-electron chi connectivity index (χ3n) is 4.89. The molecule has 2 N–H and O–H groups in total. The quantitative estimate of drug-likeness (QED) is 0.749. The van der Waals surface area contributed by atoms with Crippen molar-refractivity contribution in [3.63, 3.8) is 0 Å². The van der Waals surface area contributed by atoms with Crippen LogP contribution in [0.3, 0.4) is 0 Å². The van der Waals surface area contributed by atoms with Crippen LogP contribution in [-0.2, 0) is 4.79 Å². The third kappa shape index (κ3) is 5.95. The van der Waals surface area contributed by atoms with Gasteiger partial charge in [-0.1, -0.05) is 19.8 Å². The van der Waals surface area contributed by atoms with Gasteiger partial charge in [0, 0.05) is 32.1 Å². The molecule has 1 heterocycles. The summed E-state index contributed by atoms with van der Waals surface area (Å²) in [6.07, 6.45) is 7.07. The van der Waals surface area contributed by atoms with E-state index in [2.05, 4.69) is 11.8 Å². The Labute approximate surface area is 131 Å². The lowest BCUT2D eigenvalue weighted by Crippen LogP contribution is -2.45. The molecule has 1 aliphatic rings. The van der Waals surface area contributed by atoms with Crippen molar-refractivity contribution in [1.82, 2.24) is 9.80 Å². The van der Waals surface area contributed by atoms with Crippen molar-refractivity contribution in [2.24, 2.45) is 11.7 Å². The maximum Gasteiger partial charge on any atom is 0.224 e. The molecular weight excluding hydrogens is 262 g/mol. The minimum atomic E-state index is 0.221. The lowest BCUT2D eigenvalue weighted by molar-refractivity contribution is -0.132. The van der Waals surface area contributed by atoms with Crippen LogP contribution >= 0.6 is 0 Å². The van der Waals surface area contributed by atoms with Crippen molar-refractivity contribution in [3.05, 3.63) is 0 Å². The van der Waals surface area contributed by atoms with Gasteiger partial charge in [-0.05, 0) is 52.1 Å². The van der Waals surface area contributed by atoms with Crippen molar-refractivity contribution < 1.29 is 4.79 Å². The zero-order chi connectivity index (χ0) is 15.7. The number of hydrogen-bond acceptors (Lipinski definition) is 3. The monoisotopic (exact) mass is 297 g/mol. The topological polar surface area (TPSA) is 49.6 Å². The molecule has 0 aliphatic carbocycles. The fraction of sp³-hybridized carbons (Fsp3) is 0.941. The van der Waals surface area contributed by atoms with Gasteiger partial charge in [-0.15, -0.1) is 0 Å². The zero-order valence-corrected chi connectivity index (χ0v) is 14.3. The number of nitrogens with two attached hydrogens (primary N) is 1. The van der Waals surface area contributed by atoms with Crippen LogP contribution in [0, 0.1) is 5.92 Å². The van der Waals surface area contributed by atoms with E-state index in [4.69, 9.17) is 5.73 Å². The van der Waals surface area contributed by atoms with Crippen LogP contribution in [0.4, 0.5) is 0 Å². The summed E-state index contributed by atoms with van der Waals surface area (Å²) in [4.78, 5) is 16.7. The van der Waals surface area contributed by atoms with Crippen molar-refractivity contribution in [1.29, 1.82) is 0 Å². The highest BCUT2D eigenvalue weighted by Crippen LogP contribution is 2.23. The van der Waals surface area contributed by atoms with Crippen LogP contribution in [0.25, 0.3) is 0 Å². The Morgan fingerprint density at radius 3 is 2.52 bits per heavy atom. The van der Waals surface area contributed by atoms with E-state index in [0.717, 1.165) is 32.1 Å². The van der Waals surface area contributed by atoms with Crippen LogP contribution in [0.15, 0.2) is 0 Å². The summed E-state index contributed by atoms with van der Waals surface area (Å²) in [5.41, 5.74) is 5.97. The Morgan fingerprint density at radius 1 is 1.24 bits per heavy atom. The molecule has 2 atom stereocenters. The maximum atomic E-state index is 12.3. The molecule has 0 bridgehead atoms. The van der Waals surface area contributed by atoms with E-state index in [1.807, 2.05) is 18.7 Å². The predicted octanol–water partition coefficient (Wildman–Crippen LogP) is 2.47. The van der Waals surface area contributed by atoms with E-state index in [9.17, 15) is 4.79 Å². The van der Waals surface area contributed by atoms with Gasteiger partial charge in [0.1, 0.15) is 0 Å². The van der Waals surface area contributed by atoms with E-state index in [0.29, 0.717) is 13.0 Å². The van der Waals surface area contributed by atoms with Gasteiger partial charge in [-0.25, -0.2) is 0 Å². The first kappa shape index (κ1) is 18.4. The van der Waals surface area contributed by atoms with Gasteiger partial charge in [0.15, 0.2) is 0 Å². The Hall–Kier alpha value is -0.610. The van der Waals surface area contributed by atoms with Crippen LogP contribution in [0.1, 0.15) is 59.3 Å². The highest BCUT2D eigenvalue weighted by molar-refractivity contribution is 5.76. The minimum absolute atomic E-state index is 0.221. The second-order valence-corrected chi connectivity index (χ2v) is 6.28. The molecule has 0 saturated carbocycles. The Bertz CT molecular complexity index is 292. The predicted molar refractivity (Wildman–Crippen MR) is 89.2 cm³/mol. The molecule has 0 aromatic rings. The molecule has 1 aliphatic heterocycles. The molecule has 0 aromatic carbocycles. The number of hydrogen-bond donors (Lipinski definition) is 1. The average Bonchev–Trinajstić information content (AvgIpc) is 2.72. The summed E-state index contributed by atoms with van der Waals surface area (Å²) in [5.74, 6) is 1.13. The lowest BCUT2D eigenvalue weighted by atomic mass is 9.96. The summed E-state index contributed by atoms with van der Waals surface area (Å²) in [7, 11) is 0. The smallest absolute Gasteiger partial charge is 0.224 e. The molecule has 0 radical (unpaired) electrons. The fourth-order valence-electron chi connectivity index (χ4n) is 3.52. The van der Waals surface area contributed by atoms with Crippen LogP contribution < -0.4 is 5.73 Å². The maximum absolute atomic E-state index is 12.3. The third-order valence-corrected chi connectivity index (χ3v) is 4.89.